The van der Waals surface area contributed by atoms with Crippen molar-refractivity contribution in [2.45, 2.75) is 25.3 Å². The summed E-state index contributed by atoms with van der Waals surface area (Å²) in [6.45, 7) is 2.97. The van der Waals surface area contributed by atoms with E-state index in [2.05, 4.69) is 45.2 Å². The second kappa shape index (κ2) is 6.01. The molecule has 1 unspecified atom stereocenters. The number of aromatic nitrogens is 2. The minimum Gasteiger partial charge on any atom is -0.384 e. The molecule has 1 aliphatic heterocycles. The zero-order valence-corrected chi connectivity index (χ0v) is 11.6. The highest BCUT2D eigenvalue weighted by Gasteiger charge is 2.21. The number of nitrogens with zero attached hydrogens (tertiary/aromatic N) is 3. The van der Waals surface area contributed by atoms with Crippen molar-refractivity contribution in [3.63, 3.8) is 0 Å². The van der Waals surface area contributed by atoms with Crippen LogP contribution in [0.4, 0.5) is 5.82 Å². The lowest BCUT2D eigenvalue weighted by Gasteiger charge is -2.32. The lowest BCUT2D eigenvalue weighted by atomic mass is 9.91. The number of nitrogens with two attached hydrogens (primary N) is 1. The van der Waals surface area contributed by atoms with Gasteiger partial charge in [-0.2, -0.15) is 0 Å². The Morgan fingerprint density at radius 3 is 2.85 bits per heavy atom. The van der Waals surface area contributed by atoms with E-state index in [0.717, 1.165) is 25.5 Å². The molecule has 1 aliphatic rings. The number of likely N-dealkylation sites (tertiary alicyclic amines) is 1. The van der Waals surface area contributed by atoms with Crippen molar-refractivity contribution in [2.24, 2.45) is 0 Å². The lowest BCUT2D eigenvalue weighted by Crippen LogP contribution is -2.34. The van der Waals surface area contributed by atoms with Crippen LogP contribution in [0, 0.1) is 0 Å². The first kappa shape index (κ1) is 13.1. The second-order valence-electron chi connectivity index (χ2n) is 5.38. The molecule has 0 aliphatic carbocycles. The van der Waals surface area contributed by atoms with E-state index in [1.807, 2.05) is 0 Å². The molecule has 4 nitrogen and oxygen atoms in total. The van der Waals surface area contributed by atoms with Gasteiger partial charge in [-0.3, -0.25) is 4.90 Å². The molecule has 20 heavy (non-hydrogen) atoms. The molecule has 0 saturated carbocycles. The molecule has 1 aromatic carbocycles. The van der Waals surface area contributed by atoms with E-state index in [1.54, 1.807) is 12.3 Å². The summed E-state index contributed by atoms with van der Waals surface area (Å²) in [6, 6.07) is 12.5. The van der Waals surface area contributed by atoms with E-state index in [-0.39, 0.29) is 0 Å². The molecular formula is C16H20N4. The number of anilines is 1. The van der Waals surface area contributed by atoms with Crippen molar-refractivity contribution in [3.05, 3.63) is 54.0 Å². The van der Waals surface area contributed by atoms with Crippen molar-refractivity contribution in [1.82, 2.24) is 14.9 Å². The maximum atomic E-state index is 5.71. The van der Waals surface area contributed by atoms with Crippen LogP contribution in [0.5, 0.6) is 0 Å². The van der Waals surface area contributed by atoms with E-state index >= 15 is 0 Å². The van der Waals surface area contributed by atoms with Gasteiger partial charge in [-0.05, 0) is 36.9 Å². The average molecular weight is 268 g/mol. The molecule has 0 spiro atoms. The number of hydrogen-bond acceptors (Lipinski definition) is 4. The third-order valence-electron chi connectivity index (χ3n) is 3.87. The molecule has 1 atom stereocenters. The highest BCUT2D eigenvalue weighted by molar-refractivity contribution is 5.25. The first-order valence-corrected chi connectivity index (χ1v) is 7.16. The van der Waals surface area contributed by atoms with E-state index in [0.29, 0.717) is 11.7 Å². The summed E-state index contributed by atoms with van der Waals surface area (Å²) in [5.41, 5.74) is 7.15. The Hall–Kier alpha value is -1.94. The Balaban J connectivity index is 1.66. The van der Waals surface area contributed by atoms with Gasteiger partial charge in [-0.15, -0.1) is 0 Å². The second-order valence-corrected chi connectivity index (χ2v) is 5.38. The number of hydrogen-bond donors (Lipinski definition) is 1. The SMILES string of the molecule is Nc1ccnc(CN2CCCC(c3ccccc3)C2)n1. The van der Waals surface area contributed by atoms with E-state index in [1.165, 1.54) is 18.4 Å². The van der Waals surface area contributed by atoms with Gasteiger partial charge in [0, 0.05) is 12.7 Å². The maximum absolute atomic E-state index is 5.71. The Bertz CT molecular complexity index is 555. The fraction of sp³-hybridized carbons (Fsp3) is 0.375. The smallest absolute Gasteiger partial charge is 0.144 e. The van der Waals surface area contributed by atoms with Crippen LogP contribution >= 0.6 is 0 Å². The summed E-state index contributed by atoms with van der Waals surface area (Å²) < 4.78 is 0. The van der Waals surface area contributed by atoms with E-state index < -0.39 is 0 Å². The molecule has 104 valence electrons. The Kier molecular flexibility index (Phi) is 3.92. The van der Waals surface area contributed by atoms with E-state index in [9.17, 15) is 0 Å². The summed E-state index contributed by atoms with van der Waals surface area (Å²) in [6.07, 6.45) is 4.22. The molecule has 2 aromatic rings. The summed E-state index contributed by atoms with van der Waals surface area (Å²) in [7, 11) is 0. The van der Waals surface area contributed by atoms with Crippen LogP contribution in [0.1, 0.15) is 30.1 Å². The molecule has 1 fully saturated rings. The number of benzene rings is 1. The van der Waals surface area contributed by atoms with Crippen LogP contribution in [0.25, 0.3) is 0 Å². The van der Waals surface area contributed by atoms with Gasteiger partial charge in [0.2, 0.25) is 0 Å². The highest BCUT2D eigenvalue weighted by atomic mass is 15.2. The van der Waals surface area contributed by atoms with Crippen LogP contribution < -0.4 is 5.73 Å². The first-order valence-electron chi connectivity index (χ1n) is 7.16. The normalized spacial score (nSPS) is 19.9. The van der Waals surface area contributed by atoms with Gasteiger partial charge in [0.15, 0.2) is 0 Å². The summed E-state index contributed by atoms with van der Waals surface area (Å²) in [5, 5.41) is 0. The monoisotopic (exact) mass is 268 g/mol. The van der Waals surface area contributed by atoms with Crippen LogP contribution in [0.3, 0.4) is 0 Å². The van der Waals surface area contributed by atoms with Crippen molar-refractivity contribution < 1.29 is 0 Å². The molecule has 0 bridgehead atoms. The largest absolute Gasteiger partial charge is 0.384 e. The highest BCUT2D eigenvalue weighted by Crippen LogP contribution is 2.27. The predicted octanol–water partition coefficient (Wildman–Crippen LogP) is 2.44. The zero-order chi connectivity index (χ0) is 13.8. The van der Waals surface area contributed by atoms with Gasteiger partial charge < -0.3 is 5.73 Å². The van der Waals surface area contributed by atoms with Crippen molar-refractivity contribution in [2.75, 3.05) is 18.8 Å². The quantitative estimate of drug-likeness (QED) is 0.929. The maximum Gasteiger partial charge on any atom is 0.144 e. The first-order chi connectivity index (χ1) is 9.81. The van der Waals surface area contributed by atoms with Crippen LogP contribution in [0.15, 0.2) is 42.6 Å². The molecule has 2 N–H and O–H groups in total. The zero-order valence-electron chi connectivity index (χ0n) is 11.6. The molecule has 3 rings (SSSR count). The lowest BCUT2D eigenvalue weighted by molar-refractivity contribution is 0.196. The molecule has 1 saturated heterocycles. The van der Waals surface area contributed by atoms with E-state index in [4.69, 9.17) is 5.73 Å². The third kappa shape index (κ3) is 3.14. The van der Waals surface area contributed by atoms with Gasteiger partial charge in [0.05, 0.1) is 6.54 Å². The molecular weight excluding hydrogens is 248 g/mol. The molecule has 0 radical (unpaired) electrons. The van der Waals surface area contributed by atoms with Gasteiger partial charge in [-0.25, -0.2) is 9.97 Å². The molecule has 0 amide bonds. The van der Waals surface area contributed by atoms with Crippen molar-refractivity contribution >= 4 is 5.82 Å². The Labute approximate surface area is 119 Å². The minimum absolute atomic E-state index is 0.548. The summed E-state index contributed by atoms with van der Waals surface area (Å²) in [5.74, 6) is 1.98. The Morgan fingerprint density at radius 2 is 2.05 bits per heavy atom. The fourth-order valence-electron chi connectivity index (χ4n) is 2.89. The number of nitrogen functional groups attached to an aromatic ring is 1. The summed E-state index contributed by atoms with van der Waals surface area (Å²) in [4.78, 5) is 11.0. The van der Waals surface area contributed by atoms with Crippen LogP contribution in [0.2, 0.25) is 0 Å². The fourth-order valence-corrected chi connectivity index (χ4v) is 2.89. The van der Waals surface area contributed by atoms with Gasteiger partial charge in [-0.1, -0.05) is 30.3 Å². The van der Waals surface area contributed by atoms with Gasteiger partial charge in [0.25, 0.3) is 0 Å². The Morgan fingerprint density at radius 1 is 1.20 bits per heavy atom. The standard InChI is InChI=1S/C16H20N4/c17-15-8-9-18-16(19-15)12-20-10-4-7-14(11-20)13-5-2-1-3-6-13/h1-3,5-6,8-9,14H,4,7,10-12H2,(H2,17,18,19). The topological polar surface area (TPSA) is 55.0 Å². The molecule has 4 heteroatoms. The van der Waals surface area contributed by atoms with Crippen molar-refractivity contribution in [3.8, 4) is 0 Å². The summed E-state index contributed by atoms with van der Waals surface area (Å²) >= 11 is 0. The van der Waals surface area contributed by atoms with Crippen molar-refractivity contribution in [1.29, 1.82) is 0 Å². The van der Waals surface area contributed by atoms with Crippen LogP contribution in [-0.4, -0.2) is 28.0 Å². The third-order valence-corrected chi connectivity index (χ3v) is 3.87. The number of piperidine rings is 1. The van der Waals surface area contributed by atoms with Crippen LogP contribution in [-0.2, 0) is 6.54 Å². The predicted molar refractivity (Wildman–Crippen MR) is 80.1 cm³/mol. The average Bonchev–Trinajstić information content (AvgIpc) is 2.48. The minimum atomic E-state index is 0.548. The molecule has 1 aromatic heterocycles. The van der Waals surface area contributed by atoms with Gasteiger partial charge >= 0.3 is 0 Å². The number of rotatable bonds is 3. The molecule has 2 heterocycles. The van der Waals surface area contributed by atoms with Gasteiger partial charge in [0.1, 0.15) is 11.6 Å².